The molecule has 2 aromatic heterocycles. The van der Waals surface area contributed by atoms with Crippen LogP contribution in [0.5, 0.6) is 5.75 Å². The van der Waals surface area contributed by atoms with Crippen LogP contribution in [0.1, 0.15) is 10.4 Å². The first kappa shape index (κ1) is 20.8. The number of nitrogens with one attached hydrogen (secondary N) is 1. The minimum atomic E-state index is -0.443. The summed E-state index contributed by atoms with van der Waals surface area (Å²) in [5, 5.41) is 11.5. The number of rotatable bonds is 6. The molecule has 3 heterocycles. The highest BCUT2D eigenvalue weighted by molar-refractivity contribution is 7.99. The number of pyridine rings is 1. The standard InChI is InChI=1S/C23H16FN5O3S/c24-16-5-1-2-6-18(16)29-22(15-4-3-9-25-11-15)27-28-23(29)33-13-19(30)14-7-8-20-17(10-14)26-21(31)12-32-20/h1-11H,12-13H2,(H,26,31). The summed E-state index contributed by atoms with van der Waals surface area (Å²) < 4.78 is 21.6. The Bertz CT molecular complexity index is 1360. The summed E-state index contributed by atoms with van der Waals surface area (Å²) in [6.07, 6.45) is 3.25. The second-order valence-electron chi connectivity index (χ2n) is 7.09. The summed E-state index contributed by atoms with van der Waals surface area (Å²) >= 11 is 1.14. The first-order valence-electron chi connectivity index (χ1n) is 9.93. The number of nitrogens with zero attached hydrogens (tertiary/aromatic N) is 4. The summed E-state index contributed by atoms with van der Waals surface area (Å²) in [7, 11) is 0. The second-order valence-corrected chi connectivity index (χ2v) is 8.04. The second kappa shape index (κ2) is 8.83. The number of hydrogen-bond acceptors (Lipinski definition) is 7. The number of halogens is 1. The van der Waals surface area contributed by atoms with E-state index < -0.39 is 5.82 Å². The molecule has 0 unspecified atom stereocenters. The van der Waals surface area contributed by atoms with E-state index in [0.29, 0.717) is 33.5 Å². The van der Waals surface area contributed by atoms with Gasteiger partial charge in [0.25, 0.3) is 5.91 Å². The van der Waals surface area contributed by atoms with E-state index in [1.807, 2.05) is 0 Å². The number of thioether (sulfide) groups is 1. The first-order chi connectivity index (χ1) is 16.1. The fourth-order valence-electron chi connectivity index (χ4n) is 3.37. The summed E-state index contributed by atoms with van der Waals surface area (Å²) in [4.78, 5) is 28.5. The van der Waals surface area contributed by atoms with Crippen LogP contribution in [0.2, 0.25) is 0 Å². The Hall–Kier alpha value is -4.05. The number of anilines is 1. The Morgan fingerprint density at radius 2 is 2.03 bits per heavy atom. The average Bonchev–Trinajstić information content (AvgIpc) is 3.26. The molecule has 0 atom stereocenters. The number of amides is 1. The van der Waals surface area contributed by atoms with E-state index in [1.165, 1.54) is 6.07 Å². The van der Waals surface area contributed by atoms with Crippen molar-refractivity contribution < 1.29 is 18.7 Å². The van der Waals surface area contributed by atoms with E-state index >= 15 is 0 Å². The third kappa shape index (κ3) is 4.20. The summed E-state index contributed by atoms with van der Waals surface area (Å²) in [6.45, 7) is -0.0544. The van der Waals surface area contributed by atoms with Gasteiger partial charge in [-0.25, -0.2) is 4.39 Å². The molecule has 0 spiro atoms. The molecule has 1 aliphatic rings. The van der Waals surface area contributed by atoms with Crippen LogP contribution in [-0.2, 0) is 4.79 Å². The number of aromatic nitrogens is 4. The lowest BCUT2D eigenvalue weighted by molar-refractivity contribution is -0.118. The molecule has 2 aromatic carbocycles. The van der Waals surface area contributed by atoms with Gasteiger partial charge in [-0.05, 0) is 42.5 Å². The number of benzene rings is 2. The first-order valence-corrected chi connectivity index (χ1v) is 10.9. The van der Waals surface area contributed by atoms with Crippen molar-refractivity contribution in [1.82, 2.24) is 19.7 Å². The lowest BCUT2D eigenvalue weighted by Gasteiger charge is -2.18. The number of ether oxygens (including phenoxy) is 1. The zero-order valence-electron chi connectivity index (χ0n) is 17.1. The fourth-order valence-corrected chi connectivity index (χ4v) is 4.20. The number of Topliss-reactive ketones (excluding diaryl/α,β-unsaturated/α-hetero) is 1. The molecular weight excluding hydrogens is 445 g/mol. The van der Waals surface area contributed by atoms with Crippen LogP contribution in [0.4, 0.5) is 10.1 Å². The number of hydrogen-bond donors (Lipinski definition) is 1. The Kier molecular flexibility index (Phi) is 5.57. The Labute approximate surface area is 191 Å². The molecule has 0 aliphatic carbocycles. The van der Waals surface area contributed by atoms with E-state index in [2.05, 4.69) is 20.5 Å². The highest BCUT2D eigenvalue weighted by Crippen LogP contribution is 2.31. The van der Waals surface area contributed by atoms with Gasteiger partial charge < -0.3 is 10.1 Å². The van der Waals surface area contributed by atoms with Crippen LogP contribution in [-0.4, -0.2) is 43.8 Å². The Morgan fingerprint density at radius 1 is 1.15 bits per heavy atom. The van der Waals surface area contributed by atoms with Crippen LogP contribution < -0.4 is 10.1 Å². The summed E-state index contributed by atoms with van der Waals surface area (Å²) in [5.74, 6) is 0.0563. The normalized spacial score (nSPS) is 12.6. The number of carbonyl (C=O) groups excluding carboxylic acids is 2. The Balaban J connectivity index is 1.44. The van der Waals surface area contributed by atoms with Gasteiger partial charge in [-0.15, -0.1) is 10.2 Å². The van der Waals surface area contributed by atoms with Crippen molar-refractivity contribution in [1.29, 1.82) is 0 Å². The minimum Gasteiger partial charge on any atom is -0.482 e. The van der Waals surface area contributed by atoms with Gasteiger partial charge in [0.1, 0.15) is 11.6 Å². The van der Waals surface area contributed by atoms with Crippen LogP contribution in [0.3, 0.4) is 0 Å². The molecule has 1 aliphatic heterocycles. The van der Waals surface area contributed by atoms with Gasteiger partial charge in [-0.3, -0.25) is 19.1 Å². The lowest BCUT2D eigenvalue weighted by Crippen LogP contribution is -2.25. The topological polar surface area (TPSA) is 99.0 Å². The van der Waals surface area contributed by atoms with Crippen LogP contribution in [0.25, 0.3) is 17.1 Å². The van der Waals surface area contributed by atoms with E-state index in [9.17, 15) is 14.0 Å². The number of fused-ring (bicyclic) bond motifs is 1. The molecule has 5 rings (SSSR count). The van der Waals surface area contributed by atoms with Gasteiger partial charge in [0.15, 0.2) is 23.4 Å². The smallest absolute Gasteiger partial charge is 0.262 e. The minimum absolute atomic E-state index is 0.0349. The van der Waals surface area contributed by atoms with E-state index in [1.54, 1.807) is 65.5 Å². The van der Waals surface area contributed by atoms with Crippen molar-refractivity contribution in [3.63, 3.8) is 0 Å². The monoisotopic (exact) mass is 461 g/mol. The van der Waals surface area contributed by atoms with Crippen LogP contribution in [0.15, 0.2) is 72.1 Å². The van der Waals surface area contributed by atoms with Gasteiger partial charge in [0.2, 0.25) is 0 Å². The SMILES string of the molecule is O=C1COc2ccc(C(=O)CSc3nnc(-c4cccnc4)n3-c3ccccc3F)cc2N1. The van der Waals surface area contributed by atoms with E-state index in [-0.39, 0.29) is 29.7 Å². The zero-order chi connectivity index (χ0) is 22.8. The van der Waals surface area contributed by atoms with Crippen molar-refractivity contribution in [3.8, 4) is 22.8 Å². The maximum atomic E-state index is 14.7. The van der Waals surface area contributed by atoms with Crippen molar-refractivity contribution in [2.24, 2.45) is 0 Å². The lowest BCUT2D eigenvalue weighted by atomic mass is 10.1. The molecule has 0 fully saturated rings. The molecule has 1 N–H and O–H groups in total. The molecule has 164 valence electrons. The quantitative estimate of drug-likeness (QED) is 0.345. The molecule has 0 saturated carbocycles. The molecular formula is C23H16FN5O3S. The van der Waals surface area contributed by atoms with Crippen molar-refractivity contribution in [2.75, 3.05) is 17.7 Å². The molecule has 4 aromatic rings. The molecule has 33 heavy (non-hydrogen) atoms. The predicted octanol–water partition coefficient (Wildman–Crippen LogP) is 3.77. The zero-order valence-corrected chi connectivity index (χ0v) is 17.9. The summed E-state index contributed by atoms with van der Waals surface area (Å²) in [6, 6.07) is 14.7. The van der Waals surface area contributed by atoms with Crippen molar-refractivity contribution in [2.45, 2.75) is 5.16 Å². The summed E-state index contributed by atoms with van der Waals surface area (Å²) in [5.41, 5.74) is 1.80. The largest absolute Gasteiger partial charge is 0.482 e. The maximum absolute atomic E-state index is 14.7. The van der Waals surface area contributed by atoms with Gasteiger partial charge in [0, 0.05) is 23.5 Å². The number of para-hydroxylation sites is 1. The van der Waals surface area contributed by atoms with Crippen LogP contribution in [0, 0.1) is 5.82 Å². The van der Waals surface area contributed by atoms with Crippen LogP contribution >= 0.6 is 11.8 Å². The molecule has 0 bridgehead atoms. The Morgan fingerprint density at radius 3 is 2.85 bits per heavy atom. The fraction of sp³-hybridized carbons (Fsp3) is 0.0870. The van der Waals surface area contributed by atoms with Crippen molar-refractivity contribution >= 4 is 29.1 Å². The number of carbonyl (C=O) groups is 2. The molecule has 1 amide bonds. The molecule has 8 nitrogen and oxygen atoms in total. The van der Waals surface area contributed by atoms with Gasteiger partial charge in [-0.2, -0.15) is 0 Å². The highest BCUT2D eigenvalue weighted by Gasteiger charge is 2.21. The van der Waals surface area contributed by atoms with E-state index in [4.69, 9.17) is 4.74 Å². The molecule has 10 heteroatoms. The van der Waals surface area contributed by atoms with Gasteiger partial charge >= 0.3 is 0 Å². The highest BCUT2D eigenvalue weighted by atomic mass is 32.2. The number of ketones is 1. The van der Waals surface area contributed by atoms with Gasteiger partial charge in [-0.1, -0.05) is 23.9 Å². The average molecular weight is 461 g/mol. The third-order valence-electron chi connectivity index (χ3n) is 4.91. The predicted molar refractivity (Wildman–Crippen MR) is 120 cm³/mol. The third-order valence-corrected chi connectivity index (χ3v) is 5.84. The van der Waals surface area contributed by atoms with Crippen molar-refractivity contribution in [3.05, 3.63) is 78.4 Å². The molecule has 0 saturated heterocycles. The van der Waals surface area contributed by atoms with Gasteiger partial charge in [0.05, 0.1) is 17.1 Å². The van der Waals surface area contributed by atoms with E-state index in [0.717, 1.165) is 11.8 Å². The molecule has 0 radical (unpaired) electrons. The maximum Gasteiger partial charge on any atom is 0.262 e.